The van der Waals surface area contributed by atoms with Gasteiger partial charge in [-0.15, -0.1) is 0 Å². The molecule has 0 saturated carbocycles. The number of ether oxygens (including phenoxy) is 2. The summed E-state index contributed by atoms with van der Waals surface area (Å²) in [4.78, 5) is 13.5. The first-order chi connectivity index (χ1) is 16.5. The van der Waals surface area contributed by atoms with Crippen molar-refractivity contribution in [1.82, 2.24) is 20.2 Å². The highest BCUT2D eigenvalue weighted by molar-refractivity contribution is 6.06. The molecular formula is C25H30N6O3. The molecule has 1 unspecified atom stereocenters. The summed E-state index contributed by atoms with van der Waals surface area (Å²) in [5.41, 5.74) is 3.78. The Labute approximate surface area is 199 Å². The minimum atomic E-state index is -0.542. The van der Waals surface area contributed by atoms with Gasteiger partial charge in [0, 0.05) is 11.4 Å². The number of hydrogen-bond acceptors (Lipinski definition) is 7. The van der Waals surface area contributed by atoms with Gasteiger partial charge in [-0.1, -0.05) is 43.1 Å². The summed E-state index contributed by atoms with van der Waals surface area (Å²) in [6.45, 7) is 6.61. The van der Waals surface area contributed by atoms with E-state index >= 15 is 0 Å². The van der Waals surface area contributed by atoms with E-state index in [-0.39, 0.29) is 5.91 Å². The Morgan fingerprint density at radius 2 is 2.00 bits per heavy atom. The molecule has 4 rings (SSSR count). The van der Waals surface area contributed by atoms with Crippen LogP contribution < -0.4 is 20.1 Å². The smallest absolute Gasteiger partial charge is 0.255 e. The number of methoxy groups -OCH3 is 1. The largest absolute Gasteiger partial charge is 0.493 e. The number of nitrogens with one attached hydrogen (secondary N) is 2. The number of rotatable bonds is 9. The van der Waals surface area contributed by atoms with E-state index in [1.54, 1.807) is 11.8 Å². The number of tetrazole rings is 1. The maximum Gasteiger partial charge on any atom is 0.255 e. The first-order valence-electron chi connectivity index (χ1n) is 11.5. The van der Waals surface area contributed by atoms with Crippen LogP contribution in [-0.2, 0) is 4.79 Å². The van der Waals surface area contributed by atoms with Crippen LogP contribution in [0.15, 0.2) is 53.7 Å². The Morgan fingerprint density at radius 3 is 2.76 bits per heavy atom. The van der Waals surface area contributed by atoms with E-state index in [1.807, 2.05) is 56.3 Å². The fourth-order valence-electron chi connectivity index (χ4n) is 4.04. The standard InChI is InChI=1S/C25H30N6O3/c1-5-6-7-13-34-20-12-11-18(15-21(20)33-4)23-22(17(3)26-25-28-29-30-31(23)25)24(32)27-19-10-8-9-16(2)14-19/h8-12,14-15,23H,5-7,13H2,1-4H3,(H,27,32)(H,26,28,30). The second-order valence-corrected chi connectivity index (χ2v) is 8.30. The van der Waals surface area contributed by atoms with Crippen molar-refractivity contribution < 1.29 is 14.3 Å². The molecule has 9 nitrogen and oxygen atoms in total. The van der Waals surface area contributed by atoms with Crippen LogP contribution in [-0.4, -0.2) is 39.8 Å². The average molecular weight is 463 g/mol. The fourth-order valence-corrected chi connectivity index (χ4v) is 4.04. The van der Waals surface area contributed by atoms with Crippen molar-refractivity contribution in [3.8, 4) is 11.5 Å². The lowest BCUT2D eigenvalue weighted by Crippen LogP contribution is -2.31. The van der Waals surface area contributed by atoms with Gasteiger partial charge in [-0.3, -0.25) is 4.79 Å². The third kappa shape index (κ3) is 4.88. The first-order valence-corrected chi connectivity index (χ1v) is 11.5. The van der Waals surface area contributed by atoms with Crippen LogP contribution >= 0.6 is 0 Å². The average Bonchev–Trinajstić information content (AvgIpc) is 3.29. The highest BCUT2D eigenvalue weighted by Gasteiger charge is 2.34. The van der Waals surface area contributed by atoms with Crippen LogP contribution in [0.25, 0.3) is 0 Å². The van der Waals surface area contributed by atoms with Crippen molar-refractivity contribution in [1.29, 1.82) is 0 Å². The Kier molecular flexibility index (Phi) is 7.10. The number of amides is 1. The minimum Gasteiger partial charge on any atom is -0.493 e. The van der Waals surface area contributed by atoms with Crippen molar-refractivity contribution in [2.45, 2.75) is 46.1 Å². The van der Waals surface area contributed by atoms with E-state index in [4.69, 9.17) is 9.47 Å². The number of anilines is 2. The number of unbranched alkanes of at least 4 members (excludes halogenated alkanes) is 2. The summed E-state index contributed by atoms with van der Waals surface area (Å²) >= 11 is 0. The number of aryl methyl sites for hydroxylation is 1. The van der Waals surface area contributed by atoms with Crippen molar-refractivity contribution in [2.75, 3.05) is 24.4 Å². The van der Waals surface area contributed by atoms with Gasteiger partial charge >= 0.3 is 0 Å². The van der Waals surface area contributed by atoms with Crippen molar-refractivity contribution >= 4 is 17.5 Å². The molecule has 0 saturated heterocycles. The van der Waals surface area contributed by atoms with Crippen LogP contribution in [0, 0.1) is 6.92 Å². The highest BCUT2D eigenvalue weighted by atomic mass is 16.5. The van der Waals surface area contributed by atoms with Gasteiger partial charge in [-0.25, -0.2) is 0 Å². The van der Waals surface area contributed by atoms with Gasteiger partial charge in [0.05, 0.1) is 19.3 Å². The molecule has 1 aliphatic heterocycles. The molecule has 1 aliphatic rings. The SMILES string of the molecule is CCCCCOc1ccc(C2C(C(=O)Nc3cccc(C)c3)=C(C)Nc3nnnn32)cc1OC. The van der Waals surface area contributed by atoms with Crippen LogP contribution in [0.1, 0.15) is 50.3 Å². The molecular weight excluding hydrogens is 432 g/mol. The summed E-state index contributed by atoms with van der Waals surface area (Å²) in [5, 5.41) is 18.2. The zero-order valence-corrected chi connectivity index (χ0v) is 20.0. The Balaban J connectivity index is 1.68. The molecule has 1 atom stereocenters. The maximum atomic E-state index is 13.5. The van der Waals surface area contributed by atoms with E-state index in [0.29, 0.717) is 35.3 Å². The number of aromatic nitrogens is 4. The molecule has 0 spiro atoms. The third-order valence-electron chi connectivity index (χ3n) is 5.74. The van der Waals surface area contributed by atoms with Crippen molar-refractivity contribution in [3.63, 3.8) is 0 Å². The number of hydrogen-bond donors (Lipinski definition) is 2. The molecule has 0 radical (unpaired) electrons. The quantitative estimate of drug-likeness (QED) is 0.452. The molecule has 2 heterocycles. The molecule has 178 valence electrons. The Bertz CT molecular complexity index is 1200. The lowest BCUT2D eigenvalue weighted by atomic mass is 9.94. The van der Waals surface area contributed by atoms with Gasteiger partial charge in [0.15, 0.2) is 11.5 Å². The molecule has 2 aromatic carbocycles. The van der Waals surface area contributed by atoms with E-state index < -0.39 is 6.04 Å². The van der Waals surface area contributed by atoms with Crippen molar-refractivity contribution in [2.24, 2.45) is 0 Å². The van der Waals surface area contributed by atoms with Crippen LogP contribution in [0.2, 0.25) is 0 Å². The van der Waals surface area contributed by atoms with E-state index in [1.165, 1.54) is 0 Å². The molecule has 3 aromatic rings. The van der Waals surface area contributed by atoms with Gasteiger partial charge < -0.3 is 20.1 Å². The predicted octanol–water partition coefficient (Wildman–Crippen LogP) is 4.49. The van der Waals surface area contributed by atoms with Gasteiger partial charge in [0.2, 0.25) is 5.95 Å². The highest BCUT2D eigenvalue weighted by Crippen LogP contribution is 2.38. The zero-order valence-electron chi connectivity index (χ0n) is 20.0. The number of allylic oxidation sites excluding steroid dienone is 1. The van der Waals surface area contributed by atoms with Gasteiger partial charge in [-0.05, 0) is 66.1 Å². The summed E-state index contributed by atoms with van der Waals surface area (Å²) in [7, 11) is 1.61. The molecule has 0 fully saturated rings. The summed E-state index contributed by atoms with van der Waals surface area (Å²) in [6.07, 6.45) is 3.22. The summed E-state index contributed by atoms with van der Waals surface area (Å²) in [5.74, 6) is 1.49. The zero-order chi connectivity index (χ0) is 24.1. The van der Waals surface area contributed by atoms with E-state index in [9.17, 15) is 4.79 Å². The summed E-state index contributed by atoms with van der Waals surface area (Å²) in [6, 6.07) is 12.8. The number of carbonyl (C=O) groups is 1. The summed E-state index contributed by atoms with van der Waals surface area (Å²) < 4.78 is 13.2. The number of fused-ring (bicyclic) bond motifs is 1. The normalized spacial score (nSPS) is 14.9. The van der Waals surface area contributed by atoms with Gasteiger partial charge in [0.25, 0.3) is 5.91 Å². The molecule has 0 aliphatic carbocycles. The molecule has 0 bridgehead atoms. The molecule has 1 aromatic heterocycles. The Morgan fingerprint density at radius 1 is 1.15 bits per heavy atom. The molecule has 1 amide bonds. The molecule has 34 heavy (non-hydrogen) atoms. The molecule has 2 N–H and O–H groups in total. The second kappa shape index (κ2) is 10.4. The monoisotopic (exact) mass is 462 g/mol. The fraction of sp³-hybridized carbons (Fsp3) is 0.360. The minimum absolute atomic E-state index is 0.236. The molecule has 9 heteroatoms. The Hall–Kier alpha value is -3.88. The number of benzene rings is 2. The van der Waals surface area contributed by atoms with Gasteiger partial charge in [-0.2, -0.15) is 4.68 Å². The number of nitrogens with zero attached hydrogens (tertiary/aromatic N) is 4. The van der Waals surface area contributed by atoms with E-state index in [0.717, 1.165) is 36.1 Å². The van der Waals surface area contributed by atoms with Gasteiger partial charge in [0.1, 0.15) is 6.04 Å². The van der Waals surface area contributed by atoms with Crippen LogP contribution in [0.3, 0.4) is 0 Å². The van der Waals surface area contributed by atoms with E-state index in [2.05, 4.69) is 33.1 Å². The lowest BCUT2D eigenvalue weighted by molar-refractivity contribution is -0.113. The topological polar surface area (TPSA) is 103 Å². The van der Waals surface area contributed by atoms with Crippen LogP contribution in [0.4, 0.5) is 11.6 Å². The lowest BCUT2D eigenvalue weighted by Gasteiger charge is -2.28. The van der Waals surface area contributed by atoms with Crippen molar-refractivity contribution in [3.05, 3.63) is 64.9 Å². The third-order valence-corrected chi connectivity index (χ3v) is 5.74. The first kappa shape index (κ1) is 23.3. The van der Waals surface area contributed by atoms with Crippen LogP contribution in [0.5, 0.6) is 11.5 Å². The second-order valence-electron chi connectivity index (χ2n) is 8.30. The predicted molar refractivity (Wildman–Crippen MR) is 130 cm³/mol. The number of carbonyl (C=O) groups excluding carboxylic acids is 1. The maximum absolute atomic E-state index is 13.5.